The van der Waals surface area contributed by atoms with Gasteiger partial charge in [-0.25, -0.2) is 8.42 Å². The Labute approximate surface area is 110 Å². The quantitative estimate of drug-likeness (QED) is 0.841. The molecule has 3 unspecified atom stereocenters. The van der Waals surface area contributed by atoms with Crippen LogP contribution < -0.4 is 5.32 Å². The van der Waals surface area contributed by atoms with Gasteiger partial charge in [-0.2, -0.15) is 0 Å². The van der Waals surface area contributed by atoms with E-state index in [2.05, 4.69) is 19.2 Å². The van der Waals surface area contributed by atoms with Crippen LogP contribution in [0.5, 0.6) is 0 Å². The van der Waals surface area contributed by atoms with Gasteiger partial charge in [0.1, 0.15) is 0 Å². The van der Waals surface area contributed by atoms with Gasteiger partial charge in [-0.3, -0.25) is 0 Å². The van der Waals surface area contributed by atoms with Gasteiger partial charge in [0.2, 0.25) is 0 Å². The molecule has 0 aromatic heterocycles. The number of ether oxygens (including phenoxy) is 1. The number of hydrogen-bond acceptors (Lipinski definition) is 4. The molecule has 2 aliphatic rings. The predicted octanol–water partition coefficient (Wildman–Crippen LogP) is 1.36. The zero-order chi connectivity index (χ0) is 13.2. The third-order valence-electron chi connectivity index (χ3n) is 4.50. The minimum absolute atomic E-state index is 0.148. The Balaban J connectivity index is 2.06. The lowest BCUT2D eigenvalue weighted by Crippen LogP contribution is -2.41. The molecule has 0 bridgehead atoms. The SMILES string of the molecule is CCNC1CCC(S(=O)(=O)C2CCOCC2)C1C. The highest BCUT2D eigenvalue weighted by molar-refractivity contribution is 7.92. The zero-order valence-electron chi connectivity index (χ0n) is 11.4. The molecule has 1 saturated heterocycles. The van der Waals surface area contributed by atoms with E-state index in [9.17, 15) is 8.42 Å². The Morgan fingerprint density at radius 2 is 1.83 bits per heavy atom. The standard InChI is InChI=1S/C13H25NO3S/c1-3-14-12-4-5-13(10(12)2)18(15,16)11-6-8-17-9-7-11/h10-14H,3-9H2,1-2H3. The van der Waals surface area contributed by atoms with Crippen molar-refractivity contribution in [3.8, 4) is 0 Å². The zero-order valence-corrected chi connectivity index (χ0v) is 12.2. The molecule has 1 heterocycles. The number of hydrogen-bond donors (Lipinski definition) is 1. The fraction of sp³-hybridized carbons (Fsp3) is 1.00. The van der Waals surface area contributed by atoms with Crippen LogP contribution in [0.15, 0.2) is 0 Å². The first kappa shape index (κ1) is 14.3. The average molecular weight is 275 g/mol. The van der Waals surface area contributed by atoms with E-state index in [1.54, 1.807) is 0 Å². The maximum Gasteiger partial charge on any atom is 0.156 e. The van der Waals surface area contributed by atoms with Gasteiger partial charge in [-0.1, -0.05) is 13.8 Å². The predicted molar refractivity (Wildman–Crippen MR) is 72.4 cm³/mol. The summed E-state index contributed by atoms with van der Waals surface area (Å²) in [5.41, 5.74) is 0. The highest BCUT2D eigenvalue weighted by Gasteiger charge is 2.44. The molecular weight excluding hydrogens is 250 g/mol. The second kappa shape index (κ2) is 5.88. The van der Waals surface area contributed by atoms with E-state index in [0.29, 0.717) is 32.1 Å². The van der Waals surface area contributed by atoms with Crippen molar-refractivity contribution < 1.29 is 13.2 Å². The molecule has 0 aromatic carbocycles. The first-order valence-electron chi connectivity index (χ1n) is 7.11. The Kier molecular flexibility index (Phi) is 4.67. The Morgan fingerprint density at radius 1 is 1.17 bits per heavy atom. The van der Waals surface area contributed by atoms with Crippen LogP contribution in [-0.2, 0) is 14.6 Å². The van der Waals surface area contributed by atoms with Crippen LogP contribution >= 0.6 is 0 Å². The normalized spacial score (nSPS) is 34.9. The summed E-state index contributed by atoms with van der Waals surface area (Å²) in [5.74, 6) is 0.234. The van der Waals surface area contributed by atoms with Crippen molar-refractivity contribution in [3.63, 3.8) is 0 Å². The lowest BCUT2D eigenvalue weighted by Gasteiger charge is -2.28. The van der Waals surface area contributed by atoms with E-state index >= 15 is 0 Å². The summed E-state index contributed by atoms with van der Waals surface area (Å²) in [5, 5.41) is 3.09. The molecule has 3 atom stereocenters. The molecule has 1 aliphatic carbocycles. The molecule has 1 saturated carbocycles. The van der Waals surface area contributed by atoms with E-state index in [1.807, 2.05) is 0 Å². The van der Waals surface area contributed by atoms with Crippen molar-refractivity contribution in [2.24, 2.45) is 5.92 Å². The van der Waals surface area contributed by atoms with Crippen LogP contribution in [-0.4, -0.2) is 44.7 Å². The van der Waals surface area contributed by atoms with Crippen LogP contribution in [0.2, 0.25) is 0 Å². The Morgan fingerprint density at radius 3 is 2.44 bits per heavy atom. The van der Waals surface area contributed by atoms with Crippen LogP contribution in [0.4, 0.5) is 0 Å². The smallest absolute Gasteiger partial charge is 0.156 e. The number of sulfone groups is 1. The van der Waals surface area contributed by atoms with Gasteiger partial charge >= 0.3 is 0 Å². The third-order valence-corrected chi connectivity index (χ3v) is 7.41. The summed E-state index contributed by atoms with van der Waals surface area (Å²) in [4.78, 5) is 0. The summed E-state index contributed by atoms with van der Waals surface area (Å²) < 4.78 is 30.6. The number of nitrogens with one attached hydrogen (secondary N) is 1. The Bertz CT molecular complexity index is 362. The van der Waals surface area contributed by atoms with Crippen molar-refractivity contribution in [2.45, 2.75) is 56.1 Å². The van der Waals surface area contributed by atoms with Gasteiger partial charge in [0, 0.05) is 19.3 Å². The highest BCUT2D eigenvalue weighted by Crippen LogP contribution is 2.35. The lowest BCUT2D eigenvalue weighted by atomic mass is 10.1. The lowest BCUT2D eigenvalue weighted by molar-refractivity contribution is 0.0981. The molecule has 0 aromatic rings. The summed E-state index contributed by atoms with van der Waals surface area (Å²) in [6, 6.07) is 0.370. The summed E-state index contributed by atoms with van der Waals surface area (Å²) in [6.07, 6.45) is 3.16. The molecule has 1 aliphatic heterocycles. The molecule has 0 spiro atoms. The molecule has 2 fully saturated rings. The molecule has 18 heavy (non-hydrogen) atoms. The molecule has 0 radical (unpaired) electrons. The first-order chi connectivity index (χ1) is 8.57. The van der Waals surface area contributed by atoms with Gasteiger partial charge in [-0.05, 0) is 38.1 Å². The van der Waals surface area contributed by atoms with Gasteiger partial charge < -0.3 is 10.1 Å². The second-order valence-corrected chi connectivity index (χ2v) is 7.99. The van der Waals surface area contributed by atoms with Gasteiger partial charge in [0.25, 0.3) is 0 Å². The summed E-state index contributed by atoms with van der Waals surface area (Å²) in [7, 11) is -2.98. The van der Waals surface area contributed by atoms with E-state index in [4.69, 9.17) is 4.74 Å². The van der Waals surface area contributed by atoms with Crippen LogP contribution in [0, 0.1) is 5.92 Å². The number of rotatable bonds is 4. The van der Waals surface area contributed by atoms with Crippen LogP contribution in [0.25, 0.3) is 0 Å². The monoisotopic (exact) mass is 275 g/mol. The average Bonchev–Trinajstić information content (AvgIpc) is 2.73. The topological polar surface area (TPSA) is 55.4 Å². The Hall–Kier alpha value is -0.130. The van der Waals surface area contributed by atoms with E-state index in [-0.39, 0.29) is 16.4 Å². The fourth-order valence-electron chi connectivity index (χ4n) is 3.39. The van der Waals surface area contributed by atoms with Crippen LogP contribution in [0.3, 0.4) is 0 Å². The maximum absolute atomic E-state index is 12.7. The van der Waals surface area contributed by atoms with E-state index in [0.717, 1.165) is 19.4 Å². The molecule has 1 N–H and O–H groups in total. The molecule has 106 valence electrons. The van der Waals surface area contributed by atoms with Crippen LogP contribution in [0.1, 0.15) is 39.5 Å². The fourth-order valence-corrected chi connectivity index (χ4v) is 5.99. The van der Waals surface area contributed by atoms with E-state index in [1.165, 1.54) is 0 Å². The van der Waals surface area contributed by atoms with Crippen molar-refractivity contribution >= 4 is 9.84 Å². The van der Waals surface area contributed by atoms with Gasteiger partial charge in [0.15, 0.2) is 9.84 Å². The highest BCUT2D eigenvalue weighted by atomic mass is 32.2. The van der Waals surface area contributed by atoms with Crippen molar-refractivity contribution in [1.29, 1.82) is 0 Å². The summed E-state index contributed by atoms with van der Waals surface area (Å²) >= 11 is 0. The third kappa shape index (κ3) is 2.73. The molecule has 2 rings (SSSR count). The summed E-state index contributed by atoms with van der Waals surface area (Å²) in [6.45, 7) is 6.28. The van der Waals surface area contributed by atoms with E-state index < -0.39 is 9.84 Å². The maximum atomic E-state index is 12.7. The van der Waals surface area contributed by atoms with Crippen molar-refractivity contribution in [3.05, 3.63) is 0 Å². The minimum Gasteiger partial charge on any atom is -0.381 e. The second-order valence-electron chi connectivity index (χ2n) is 5.54. The molecular formula is C13H25NO3S. The van der Waals surface area contributed by atoms with Gasteiger partial charge in [0.05, 0.1) is 10.5 Å². The molecule has 5 heteroatoms. The first-order valence-corrected chi connectivity index (χ1v) is 8.72. The largest absolute Gasteiger partial charge is 0.381 e. The molecule has 4 nitrogen and oxygen atoms in total. The van der Waals surface area contributed by atoms with Crippen molar-refractivity contribution in [1.82, 2.24) is 5.32 Å². The van der Waals surface area contributed by atoms with Gasteiger partial charge in [-0.15, -0.1) is 0 Å². The molecule has 0 amide bonds. The minimum atomic E-state index is -2.98. The van der Waals surface area contributed by atoms with Crippen molar-refractivity contribution in [2.75, 3.05) is 19.8 Å².